The summed E-state index contributed by atoms with van der Waals surface area (Å²) >= 11 is 0. The number of rotatable bonds is 12. The first-order chi connectivity index (χ1) is 17.5. The average Bonchev–Trinajstić information content (AvgIpc) is 3.30. The van der Waals surface area contributed by atoms with Gasteiger partial charge in [-0.1, -0.05) is 24.3 Å². The van der Waals surface area contributed by atoms with Gasteiger partial charge in [-0.25, -0.2) is 0 Å². The largest absolute Gasteiger partial charge is 0.497 e. The third-order valence-corrected chi connectivity index (χ3v) is 6.68. The van der Waals surface area contributed by atoms with Gasteiger partial charge in [-0.05, 0) is 49.2 Å². The fraction of sp³-hybridized carbons (Fsp3) is 0.538. The quantitative estimate of drug-likeness (QED) is 0.374. The van der Waals surface area contributed by atoms with Crippen molar-refractivity contribution in [2.24, 2.45) is 0 Å². The van der Waals surface area contributed by atoms with Crippen molar-refractivity contribution < 1.29 is 45.8 Å². The second-order valence-electron chi connectivity index (χ2n) is 9.54. The van der Waals surface area contributed by atoms with E-state index in [4.69, 9.17) is 37.3 Å². The molecule has 37 heavy (non-hydrogen) atoms. The van der Waals surface area contributed by atoms with E-state index in [1.165, 1.54) is 0 Å². The molecule has 2 aromatic carbocycles. The Hall–Kier alpha value is -2.25. The van der Waals surface area contributed by atoms with Crippen LogP contribution < -0.4 is 9.47 Å². The van der Waals surface area contributed by atoms with Crippen LogP contribution in [0.25, 0.3) is 0 Å². The summed E-state index contributed by atoms with van der Waals surface area (Å²) in [5.74, 6) is 0.563. The molecule has 2 saturated heterocycles. The Bertz CT molecular complexity index is 1130. The van der Waals surface area contributed by atoms with Crippen LogP contribution in [0.3, 0.4) is 0 Å². The van der Waals surface area contributed by atoms with Crippen molar-refractivity contribution in [2.45, 2.75) is 56.9 Å². The molecular formula is C26H34O10S. The maximum Gasteiger partial charge on any atom is 0.264 e. The topological polar surface area (TPSA) is 108 Å². The second kappa shape index (κ2) is 11.2. The van der Waals surface area contributed by atoms with Gasteiger partial charge in [-0.15, -0.1) is 0 Å². The van der Waals surface area contributed by atoms with Gasteiger partial charge in [0.05, 0.1) is 40.3 Å². The third kappa shape index (κ3) is 6.99. The van der Waals surface area contributed by atoms with Crippen LogP contribution in [0.4, 0.5) is 0 Å². The molecule has 204 valence electrons. The standard InChI is InChI=1S/C26H34O10S/c1-25(2)34-22-23(32-15-19-8-12-21(30-4)13-9-19)26(36-24(22)35-25,17-33-37(5,27)28)16-31-14-18-6-10-20(29-3)11-7-18/h6-13,22-24H,14-17H2,1-5H3/t22-,23+,24?,26+/m1/s1. The highest BCUT2D eigenvalue weighted by molar-refractivity contribution is 7.85. The Morgan fingerprint density at radius 1 is 0.811 bits per heavy atom. The molecule has 0 aliphatic carbocycles. The minimum Gasteiger partial charge on any atom is -0.497 e. The highest BCUT2D eigenvalue weighted by atomic mass is 32.2. The molecule has 11 heteroatoms. The monoisotopic (exact) mass is 538 g/mol. The van der Waals surface area contributed by atoms with Crippen molar-refractivity contribution in [1.29, 1.82) is 0 Å². The maximum absolute atomic E-state index is 11.9. The lowest BCUT2D eigenvalue weighted by Crippen LogP contribution is -2.53. The van der Waals surface area contributed by atoms with Gasteiger partial charge in [0.15, 0.2) is 12.1 Å². The third-order valence-electron chi connectivity index (χ3n) is 6.14. The average molecular weight is 539 g/mol. The minimum atomic E-state index is -3.78. The van der Waals surface area contributed by atoms with E-state index in [0.29, 0.717) is 0 Å². The van der Waals surface area contributed by atoms with Crippen LogP contribution in [0, 0.1) is 0 Å². The smallest absolute Gasteiger partial charge is 0.264 e. The molecule has 2 aliphatic rings. The van der Waals surface area contributed by atoms with Crippen molar-refractivity contribution in [3.63, 3.8) is 0 Å². The molecule has 2 aromatic rings. The van der Waals surface area contributed by atoms with E-state index in [1.54, 1.807) is 28.1 Å². The lowest BCUT2D eigenvalue weighted by Gasteiger charge is -2.36. The van der Waals surface area contributed by atoms with Gasteiger partial charge in [-0.3, -0.25) is 4.18 Å². The maximum atomic E-state index is 11.9. The summed E-state index contributed by atoms with van der Waals surface area (Å²) in [7, 11) is -0.580. The Kier molecular flexibility index (Phi) is 8.44. The van der Waals surface area contributed by atoms with E-state index < -0.39 is 40.0 Å². The molecule has 0 aromatic heterocycles. The first kappa shape index (κ1) is 27.8. The summed E-state index contributed by atoms with van der Waals surface area (Å²) in [6.07, 6.45) is -1.18. The summed E-state index contributed by atoms with van der Waals surface area (Å²) in [4.78, 5) is 0. The molecule has 4 rings (SSSR count). The van der Waals surface area contributed by atoms with E-state index in [1.807, 2.05) is 48.5 Å². The van der Waals surface area contributed by atoms with Crippen molar-refractivity contribution in [3.05, 3.63) is 59.7 Å². The van der Waals surface area contributed by atoms with Gasteiger partial charge in [-0.2, -0.15) is 8.42 Å². The summed E-state index contributed by atoms with van der Waals surface area (Å²) in [6, 6.07) is 14.9. The molecule has 0 amide bonds. The predicted octanol–water partition coefficient (Wildman–Crippen LogP) is 3.03. The van der Waals surface area contributed by atoms with Gasteiger partial charge in [0.25, 0.3) is 10.1 Å². The Labute approximate surface area is 217 Å². The highest BCUT2D eigenvalue weighted by Crippen LogP contribution is 2.44. The van der Waals surface area contributed by atoms with Crippen LogP contribution >= 0.6 is 0 Å². The van der Waals surface area contributed by atoms with Gasteiger partial charge in [0.2, 0.25) is 0 Å². The van der Waals surface area contributed by atoms with Crippen LogP contribution in [0.5, 0.6) is 11.5 Å². The minimum absolute atomic E-state index is 0.0258. The first-order valence-corrected chi connectivity index (χ1v) is 13.7. The number of benzene rings is 2. The van der Waals surface area contributed by atoms with Crippen LogP contribution in [0.1, 0.15) is 25.0 Å². The first-order valence-electron chi connectivity index (χ1n) is 11.9. The van der Waals surface area contributed by atoms with Gasteiger partial charge in [0.1, 0.15) is 35.9 Å². The van der Waals surface area contributed by atoms with Crippen LogP contribution in [-0.4, -0.2) is 72.0 Å². The zero-order chi connectivity index (χ0) is 26.7. The number of hydrogen-bond donors (Lipinski definition) is 0. The molecule has 4 atom stereocenters. The lowest BCUT2D eigenvalue weighted by molar-refractivity contribution is -0.260. The fourth-order valence-electron chi connectivity index (χ4n) is 4.35. The van der Waals surface area contributed by atoms with Gasteiger partial charge < -0.3 is 33.2 Å². The van der Waals surface area contributed by atoms with E-state index in [9.17, 15) is 8.42 Å². The second-order valence-corrected chi connectivity index (χ2v) is 11.2. The van der Waals surface area contributed by atoms with Crippen molar-refractivity contribution in [3.8, 4) is 11.5 Å². The Morgan fingerprint density at radius 2 is 1.38 bits per heavy atom. The molecule has 1 unspecified atom stereocenters. The summed E-state index contributed by atoms with van der Waals surface area (Å²) in [6.45, 7) is 3.67. The summed E-state index contributed by atoms with van der Waals surface area (Å²) in [5.41, 5.74) is 0.482. The number of hydrogen-bond acceptors (Lipinski definition) is 10. The SMILES string of the molecule is COc1ccc(COC[C@@]2(COS(C)(=O)=O)OC3OC(C)(C)O[C@@H]3[C@@H]2OCc2ccc(OC)cc2)cc1. The van der Waals surface area contributed by atoms with Crippen molar-refractivity contribution in [1.82, 2.24) is 0 Å². The summed E-state index contributed by atoms with van der Waals surface area (Å²) in [5, 5.41) is 0. The molecule has 0 bridgehead atoms. The van der Waals surface area contributed by atoms with Gasteiger partial charge in [0, 0.05) is 0 Å². The van der Waals surface area contributed by atoms with Crippen molar-refractivity contribution in [2.75, 3.05) is 33.7 Å². The van der Waals surface area contributed by atoms with Gasteiger partial charge >= 0.3 is 0 Å². The predicted molar refractivity (Wildman–Crippen MR) is 133 cm³/mol. The molecular weight excluding hydrogens is 504 g/mol. The molecule has 0 N–H and O–H groups in total. The number of ether oxygens (including phenoxy) is 7. The normalized spacial score (nSPS) is 26.7. The van der Waals surface area contributed by atoms with E-state index in [-0.39, 0.29) is 26.4 Å². The van der Waals surface area contributed by atoms with Crippen molar-refractivity contribution >= 4 is 10.1 Å². The molecule has 10 nitrogen and oxygen atoms in total. The van der Waals surface area contributed by atoms with E-state index in [2.05, 4.69) is 0 Å². The number of fused-ring (bicyclic) bond motifs is 1. The molecule has 2 fully saturated rings. The number of methoxy groups -OCH3 is 2. The fourth-order valence-corrected chi connectivity index (χ4v) is 4.76. The zero-order valence-corrected chi connectivity index (χ0v) is 22.5. The zero-order valence-electron chi connectivity index (χ0n) is 21.7. The molecule has 0 saturated carbocycles. The Balaban J connectivity index is 1.55. The van der Waals surface area contributed by atoms with Crippen LogP contribution in [0.15, 0.2) is 48.5 Å². The molecule has 0 radical (unpaired) electrons. The Morgan fingerprint density at radius 3 is 1.92 bits per heavy atom. The van der Waals surface area contributed by atoms with Crippen LogP contribution in [-0.2, 0) is 51.2 Å². The van der Waals surface area contributed by atoms with E-state index in [0.717, 1.165) is 28.9 Å². The highest BCUT2D eigenvalue weighted by Gasteiger charge is 2.63. The molecule has 2 aliphatic heterocycles. The van der Waals surface area contributed by atoms with Crippen LogP contribution in [0.2, 0.25) is 0 Å². The lowest BCUT2D eigenvalue weighted by atomic mass is 9.96. The molecule has 2 heterocycles. The van der Waals surface area contributed by atoms with E-state index >= 15 is 0 Å². The molecule has 0 spiro atoms. The summed E-state index contributed by atoms with van der Waals surface area (Å²) < 4.78 is 70.2.